The summed E-state index contributed by atoms with van der Waals surface area (Å²) in [6.45, 7) is 17.5. The molecular formula is C16H34N2O3. The third-order valence-corrected chi connectivity index (χ3v) is 2.78. The van der Waals surface area contributed by atoms with E-state index in [2.05, 4.69) is 5.32 Å². The second-order valence-corrected chi connectivity index (χ2v) is 7.10. The van der Waals surface area contributed by atoms with Crippen molar-refractivity contribution in [3.8, 4) is 0 Å². The van der Waals surface area contributed by atoms with Gasteiger partial charge in [-0.15, -0.1) is 0 Å². The summed E-state index contributed by atoms with van der Waals surface area (Å²) >= 11 is 0. The van der Waals surface area contributed by atoms with E-state index in [1.807, 2.05) is 48.5 Å². The zero-order chi connectivity index (χ0) is 16.5. The van der Waals surface area contributed by atoms with Gasteiger partial charge in [-0.1, -0.05) is 0 Å². The molecule has 0 saturated heterocycles. The first-order chi connectivity index (χ1) is 9.58. The van der Waals surface area contributed by atoms with E-state index in [4.69, 9.17) is 9.47 Å². The molecule has 1 N–H and O–H groups in total. The van der Waals surface area contributed by atoms with Crippen LogP contribution >= 0.6 is 0 Å². The highest BCUT2D eigenvalue weighted by Crippen LogP contribution is 2.17. The van der Waals surface area contributed by atoms with Gasteiger partial charge < -0.3 is 19.7 Å². The van der Waals surface area contributed by atoms with Gasteiger partial charge in [0.25, 0.3) is 0 Å². The Morgan fingerprint density at radius 2 is 1.71 bits per heavy atom. The van der Waals surface area contributed by atoms with Crippen LogP contribution in [0, 0.1) is 0 Å². The highest BCUT2D eigenvalue weighted by atomic mass is 16.6. The van der Waals surface area contributed by atoms with Gasteiger partial charge in [0.15, 0.2) is 0 Å². The molecule has 0 bridgehead atoms. The molecule has 0 rings (SSSR count). The second-order valence-electron chi connectivity index (χ2n) is 7.10. The van der Waals surface area contributed by atoms with Gasteiger partial charge in [-0.25, -0.2) is 4.79 Å². The third kappa shape index (κ3) is 10.5. The molecule has 0 aromatic carbocycles. The van der Waals surface area contributed by atoms with Crippen LogP contribution in [-0.4, -0.2) is 55.0 Å². The van der Waals surface area contributed by atoms with Crippen molar-refractivity contribution in [2.45, 2.75) is 66.0 Å². The number of ether oxygens (including phenoxy) is 2. The lowest BCUT2D eigenvalue weighted by Gasteiger charge is -2.36. The molecular weight excluding hydrogens is 268 g/mol. The van der Waals surface area contributed by atoms with Crippen molar-refractivity contribution >= 4 is 6.09 Å². The van der Waals surface area contributed by atoms with Crippen LogP contribution in [0.1, 0.15) is 54.9 Å². The van der Waals surface area contributed by atoms with Crippen LogP contribution < -0.4 is 5.32 Å². The minimum atomic E-state index is -0.467. The SMILES string of the molecule is CCOCCCNCCN(C(=O)OC(C)(C)C)C(C)(C)C. The number of carbonyl (C=O) groups excluding carboxylic acids is 1. The standard InChI is InChI=1S/C16H34N2O3/c1-8-20-13-9-10-17-11-12-18(15(2,3)4)14(19)21-16(5,6)7/h17H,8-13H2,1-7H3. The average molecular weight is 302 g/mol. The first-order valence-electron chi connectivity index (χ1n) is 7.87. The number of hydrogen-bond acceptors (Lipinski definition) is 4. The minimum absolute atomic E-state index is 0.255. The summed E-state index contributed by atoms with van der Waals surface area (Å²) in [7, 11) is 0. The Balaban J connectivity index is 4.18. The largest absolute Gasteiger partial charge is 0.444 e. The number of nitrogens with one attached hydrogen (secondary N) is 1. The van der Waals surface area contributed by atoms with Crippen molar-refractivity contribution in [1.29, 1.82) is 0 Å². The zero-order valence-corrected chi connectivity index (χ0v) is 14.9. The molecule has 0 unspecified atom stereocenters. The van der Waals surface area contributed by atoms with E-state index < -0.39 is 5.60 Å². The lowest BCUT2D eigenvalue weighted by Crippen LogP contribution is -2.50. The first kappa shape index (κ1) is 20.2. The molecule has 0 spiro atoms. The summed E-state index contributed by atoms with van der Waals surface area (Å²) in [5, 5.41) is 3.34. The number of amides is 1. The summed E-state index contributed by atoms with van der Waals surface area (Å²) in [5.41, 5.74) is -0.721. The molecule has 0 radical (unpaired) electrons. The van der Waals surface area contributed by atoms with Crippen LogP contribution in [0.3, 0.4) is 0 Å². The quantitative estimate of drug-likeness (QED) is 0.700. The first-order valence-corrected chi connectivity index (χ1v) is 7.87. The van der Waals surface area contributed by atoms with Crippen molar-refractivity contribution in [2.75, 3.05) is 32.8 Å². The monoisotopic (exact) mass is 302 g/mol. The molecule has 21 heavy (non-hydrogen) atoms. The average Bonchev–Trinajstić information content (AvgIpc) is 2.28. The van der Waals surface area contributed by atoms with E-state index >= 15 is 0 Å². The van der Waals surface area contributed by atoms with Gasteiger partial charge in [-0.05, 0) is 61.4 Å². The summed E-state index contributed by atoms with van der Waals surface area (Å²) in [6, 6.07) is 0. The third-order valence-electron chi connectivity index (χ3n) is 2.78. The van der Waals surface area contributed by atoms with Gasteiger partial charge in [-0.3, -0.25) is 0 Å². The molecule has 0 aliphatic heterocycles. The Kier molecular flexibility index (Phi) is 8.90. The van der Waals surface area contributed by atoms with Gasteiger partial charge in [0, 0.05) is 31.8 Å². The summed E-state index contributed by atoms with van der Waals surface area (Å²) < 4.78 is 10.8. The minimum Gasteiger partial charge on any atom is -0.444 e. The van der Waals surface area contributed by atoms with Crippen molar-refractivity contribution in [3.05, 3.63) is 0 Å². The van der Waals surface area contributed by atoms with E-state index in [1.54, 1.807) is 4.90 Å². The fraction of sp³-hybridized carbons (Fsp3) is 0.938. The molecule has 5 heteroatoms. The van der Waals surface area contributed by atoms with Crippen LogP contribution in [-0.2, 0) is 9.47 Å². The topological polar surface area (TPSA) is 50.8 Å². The maximum absolute atomic E-state index is 12.3. The number of carbonyl (C=O) groups is 1. The maximum atomic E-state index is 12.3. The van der Waals surface area contributed by atoms with Gasteiger partial charge >= 0.3 is 6.09 Å². The van der Waals surface area contributed by atoms with Crippen molar-refractivity contribution in [1.82, 2.24) is 10.2 Å². The summed E-state index contributed by atoms with van der Waals surface area (Å²) in [6.07, 6.45) is 0.724. The second kappa shape index (κ2) is 9.26. The Morgan fingerprint density at radius 1 is 1.10 bits per heavy atom. The fourth-order valence-electron chi connectivity index (χ4n) is 1.78. The molecule has 0 heterocycles. The van der Waals surface area contributed by atoms with Crippen LogP contribution in [0.25, 0.3) is 0 Å². The lowest BCUT2D eigenvalue weighted by molar-refractivity contribution is 0.00661. The van der Waals surface area contributed by atoms with E-state index in [1.165, 1.54) is 0 Å². The van der Waals surface area contributed by atoms with Gasteiger partial charge in [0.05, 0.1) is 0 Å². The van der Waals surface area contributed by atoms with E-state index in [-0.39, 0.29) is 11.6 Å². The van der Waals surface area contributed by atoms with Crippen molar-refractivity contribution in [3.63, 3.8) is 0 Å². The van der Waals surface area contributed by atoms with Gasteiger partial charge in [-0.2, -0.15) is 0 Å². The van der Waals surface area contributed by atoms with Crippen molar-refractivity contribution in [2.24, 2.45) is 0 Å². The summed E-state index contributed by atoms with van der Waals surface area (Å²) in [5.74, 6) is 0. The highest BCUT2D eigenvalue weighted by molar-refractivity contribution is 5.69. The predicted molar refractivity (Wildman–Crippen MR) is 86.7 cm³/mol. The van der Waals surface area contributed by atoms with E-state index in [9.17, 15) is 4.79 Å². The molecule has 0 aliphatic rings. The van der Waals surface area contributed by atoms with Crippen LogP contribution in [0.5, 0.6) is 0 Å². The highest BCUT2D eigenvalue weighted by Gasteiger charge is 2.30. The zero-order valence-electron chi connectivity index (χ0n) is 14.9. The van der Waals surface area contributed by atoms with Crippen LogP contribution in [0.15, 0.2) is 0 Å². The Hall–Kier alpha value is -0.810. The molecule has 126 valence electrons. The van der Waals surface area contributed by atoms with Gasteiger partial charge in [0.2, 0.25) is 0 Å². The number of nitrogens with zero attached hydrogens (tertiary/aromatic N) is 1. The number of rotatable bonds is 8. The molecule has 0 fully saturated rings. The Morgan fingerprint density at radius 3 is 2.19 bits per heavy atom. The molecule has 0 aliphatic carbocycles. The normalized spacial score (nSPS) is 12.3. The predicted octanol–water partition coefficient (Wildman–Crippen LogP) is 3.04. The lowest BCUT2D eigenvalue weighted by atomic mass is 10.1. The maximum Gasteiger partial charge on any atom is 0.410 e. The molecule has 0 aromatic rings. The molecule has 1 amide bonds. The van der Waals surface area contributed by atoms with Crippen LogP contribution in [0.2, 0.25) is 0 Å². The van der Waals surface area contributed by atoms with Gasteiger partial charge in [0.1, 0.15) is 5.60 Å². The van der Waals surface area contributed by atoms with E-state index in [0.29, 0.717) is 6.54 Å². The Labute approximate surface area is 130 Å². The number of hydrogen-bond donors (Lipinski definition) is 1. The fourth-order valence-corrected chi connectivity index (χ4v) is 1.78. The molecule has 5 nitrogen and oxygen atoms in total. The Bertz CT molecular complexity index is 293. The molecule has 0 atom stereocenters. The van der Waals surface area contributed by atoms with E-state index in [0.717, 1.165) is 32.7 Å². The van der Waals surface area contributed by atoms with Crippen LogP contribution in [0.4, 0.5) is 4.79 Å². The molecule has 0 aromatic heterocycles. The summed E-state index contributed by atoms with van der Waals surface area (Å²) in [4.78, 5) is 14.0. The molecule has 0 saturated carbocycles. The van der Waals surface area contributed by atoms with Crippen molar-refractivity contribution < 1.29 is 14.3 Å². The smallest absolute Gasteiger partial charge is 0.410 e.